The number of hydrogen-bond acceptors (Lipinski definition) is 4. The van der Waals surface area contributed by atoms with Crippen LogP contribution >= 0.6 is 11.8 Å². The van der Waals surface area contributed by atoms with E-state index in [1.165, 1.54) is 0 Å². The molecule has 1 atom stereocenters. The first-order valence-corrected chi connectivity index (χ1v) is 7.19. The van der Waals surface area contributed by atoms with E-state index in [0.717, 1.165) is 43.7 Å². The molecule has 16 heavy (non-hydrogen) atoms. The zero-order valence-corrected chi connectivity index (χ0v) is 11.3. The third-order valence-electron chi connectivity index (χ3n) is 2.48. The van der Waals surface area contributed by atoms with Gasteiger partial charge in [0.25, 0.3) is 0 Å². The molecule has 0 aliphatic carbocycles. The number of nitrogens with one attached hydrogen (secondary N) is 1. The average molecular weight is 244 g/mol. The Labute approximate surface area is 104 Å². The second kappa shape index (κ2) is 9.95. The molecule has 1 unspecified atom stereocenters. The molecule has 0 aromatic heterocycles. The Morgan fingerprint density at radius 3 is 2.56 bits per heavy atom. The summed E-state index contributed by atoms with van der Waals surface area (Å²) < 4.78 is 0. The third-order valence-corrected chi connectivity index (χ3v) is 3.63. The van der Waals surface area contributed by atoms with Gasteiger partial charge >= 0.3 is 0 Å². The maximum Gasteiger partial charge on any atom is 0.103 e. The maximum absolute atomic E-state index is 9.04. The normalized spacial score (nSPS) is 14.4. The van der Waals surface area contributed by atoms with Gasteiger partial charge in [0.1, 0.15) is 5.54 Å². The first-order valence-electron chi connectivity index (χ1n) is 6.03. The molecule has 0 aromatic rings. The van der Waals surface area contributed by atoms with Gasteiger partial charge in [0.15, 0.2) is 0 Å². The lowest BCUT2D eigenvalue weighted by Crippen LogP contribution is -2.40. The zero-order chi connectivity index (χ0) is 12.3. The molecule has 2 N–H and O–H groups in total. The summed E-state index contributed by atoms with van der Waals surface area (Å²) in [5.41, 5.74) is -0.357. The van der Waals surface area contributed by atoms with E-state index in [-0.39, 0.29) is 5.54 Å². The van der Waals surface area contributed by atoms with Crippen LogP contribution in [0.2, 0.25) is 0 Å². The van der Waals surface area contributed by atoms with E-state index in [1.807, 2.05) is 25.6 Å². The summed E-state index contributed by atoms with van der Waals surface area (Å²) in [5.74, 6) is 2.17. The largest absolute Gasteiger partial charge is 0.396 e. The Hall–Kier alpha value is -0.240. The summed E-state index contributed by atoms with van der Waals surface area (Å²) in [7, 11) is 0. The van der Waals surface area contributed by atoms with E-state index in [2.05, 4.69) is 11.4 Å². The van der Waals surface area contributed by atoms with Crippen molar-refractivity contribution >= 4 is 11.8 Å². The Balaban J connectivity index is 3.46. The molecule has 94 valence electrons. The number of aliphatic hydroxyl groups is 1. The SMILES string of the molecule is CCNC(C)(C#N)CCCCSCCCO. The van der Waals surface area contributed by atoms with Crippen LogP contribution in [0.3, 0.4) is 0 Å². The summed E-state index contributed by atoms with van der Waals surface area (Å²) in [4.78, 5) is 0. The molecule has 0 rings (SSSR count). The molecule has 0 saturated heterocycles. The van der Waals surface area contributed by atoms with E-state index in [4.69, 9.17) is 10.4 Å². The van der Waals surface area contributed by atoms with Crippen LogP contribution in [0.15, 0.2) is 0 Å². The van der Waals surface area contributed by atoms with Gasteiger partial charge in [-0.1, -0.05) is 6.92 Å². The van der Waals surface area contributed by atoms with Gasteiger partial charge in [0.2, 0.25) is 0 Å². The van der Waals surface area contributed by atoms with Crippen molar-refractivity contribution in [1.82, 2.24) is 5.32 Å². The highest BCUT2D eigenvalue weighted by molar-refractivity contribution is 7.99. The minimum absolute atomic E-state index is 0.292. The number of nitriles is 1. The molecule has 0 heterocycles. The molecular weight excluding hydrogens is 220 g/mol. The quantitative estimate of drug-likeness (QED) is 0.578. The van der Waals surface area contributed by atoms with Gasteiger partial charge < -0.3 is 5.11 Å². The van der Waals surface area contributed by atoms with E-state index >= 15 is 0 Å². The molecule has 3 nitrogen and oxygen atoms in total. The number of aliphatic hydroxyl groups excluding tert-OH is 1. The monoisotopic (exact) mass is 244 g/mol. The topological polar surface area (TPSA) is 56.0 Å². The molecule has 0 amide bonds. The second-order valence-corrected chi connectivity index (χ2v) is 5.35. The number of hydrogen-bond donors (Lipinski definition) is 2. The highest BCUT2D eigenvalue weighted by Gasteiger charge is 2.20. The highest BCUT2D eigenvalue weighted by Crippen LogP contribution is 2.14. The molecule has 0 fully saturated rings. The third kappa shape index (κ3) is 7.98. The Morgan fingerprint density at radius 2 is 2.00 bits per heavy atom. The number of unbranched alkanes of at least 4 members (excludes halogenated alkanes) is 1. The summed E-state index contributed by atoms with van der Waals surface area (Å²) in [5, 5.41) is 20.9. The van der Waals surface area contributed by atoms with Crippen molar-refractivity contribution in [2.24, 2.45) is 0 Å². The fourth-order valence-electron chi connectivity index (χ4n) is 1.53. The summed E-state index contributed by atoms with van der Waals surface area (Å²) >= 11 is 1.89. The highest BCUT2D eigenvalue weighted by atomic mass is 32.2. The van der Waals surface area contributed by atoms with E-state index in [0.29, 0.717) is 6.61 Å². The van der Waals surface area contributed by atoms with Crippen LogP contribution in [-0.4, -0.2) is 35.3 Å². The van der Waals surface area contributed by atoms with Crippen molar-refractivity contribution in [3.8, 4) is 6.07 Å². The predicted octanol–water partition coefficient (Wildman–Crippen LogP) is 2.16. The standard InChI is InChI=1S/C12H24N2OS/c1-3-14-12(2,11-13)7-4-5-9-16-10-6-8-15/h14-15H,3-10H2,1-2H3. The minimum Gasteiger partial charge on any atom is -0.396 e. The van der Waals surface area contributed by atoms with Crippen molar-refractivity contribution in [3.05, 3.63) is 0 Å². The van der Waals surface area contributed by atoms with Gasteiger partial charge in [-0.2, -0.15) is 17.0 Å². The van der Waals surface area contributed by atoms with Crippen molar-refractivity contribution in [2.75, 3.05) is 24.7 Å². The van der Waals surface area contributed by atoms with Crippen LogP contribution in [0.25, 0.3) is 0 Å². The number of nitrogens with zero attached hydrogens (tertiary/aromatic N) is 1. The number of rotatable bonds is 10. The van der Waals surface area contributed by atoms with Gasteiger partial charge in [-0.25, -0.2) is 0 Å². The summed E-state index contributed by atoms with van der Waals surface area (Å²) in [6.07, 6.45) is 4.04. The fourth-order valence-corrected chi connectivity index (χ4v) is 2.47. The molecule has 0 aromatic carbocycles. The maximum atomic E-state index is 9.04. The lowest BCUT2D eigenvalue weighted by atomic mass is 9.97. The van der Waals surface area contributed by atoms with Gasteiger partial charge in [-0.15, -0.1) is 0 Å². The summed E-state index contributed by atoms with van der Waals surface area (Å²) in [6, 6.07) is 2.34. The van der Waals surface area contributed by atoms with Crippen LogP contribution in [0.4, 0.5) is 0 Å². The van der Waals surface area contributed by atoms with Crippen LogP contribution in [-0.2, 0) is 0 Å². The smallest absolute Gasteiger partial charge is 0.103 e. The molecule has 0 aliphatic rings. The van der Waals surface area contributed by atoms with Crippen LogP contribution in [0, 0.1) is 11.3 Å². The molecular formula is C12H24N2OS. The molecule has 4 heteroatoms. The Kier molecular flexibility index (Phi) is 9.80. The molecule has 0 radical (unpaired) electrons. The van der Waals surface area contributed by atoms with Gasteiger partial charge in [0, 0.05) is 6.61 Å². The van der Waals surface area contributed by atoms with E-state index in [1.54, 1.807) is 0 Å². The lowest BCUT2D eigenvalue weighted by molar-refractivity contribution is 0.296. The molecule has 0 aliphatic heterocycles. The Morgan fingerprint density at radius 1 is 1.31 bits per heavy atom. The van der Waals surface area contributed by atoms with Crippen molar-refractivity contribution in [3.63, 3.8) is 0 Å². The second-order valence-electron chi connectivity index (χ2n) is 4.12. The minimum atomic E-state index is -0.357. The van der Waals surface area contributed by atoms with E-state index in [9.17, 15) is 0 Å². The number of thioether (sulfide) groups is 1. The predicted molar refractivity (Wildman–Crippen MR) is 70.6 cm³/mol. The van der Waals surface area contributed by atoms with Gasteiger partial charge in [-0.3, -0.25) is 5.32 Å². The van der Waals surface area contributed by atoms with E-state index < -0.39 is 0 Å². The fraction of sp³-hybridized carbons (Fsp3) is 0.917. The van der Waals surface area contributed by atoms with Crippen molar-refractivity contribution in [1.29, 1.82) is 5.26 Å². The average Bonchev–Trinajstić information content (AvgIpc) is 2.28. The molecule has 0 saturated carbocycles. The van der Waals surface area contributed by atoms with Crippen LogP contribution < -0.4 is 5.32 Å². The zero-order valence-electron chi connectivity index (χ0n) is 10.5. The first-order chi connectivity index (χ1) is 7.68. The van der Waals surface area contributed by atoms with Crippen LogP contribution in [0.5, 0.6) is 0 Å². The molecule has 0 spiro atoms. The lowest BCUT2D eigenvalue weighted by Gasteiger charge is -2.22. The van der Waals surface area contributed by atoms with Gasteiger partial charge in [-0.05, 0) is 50.7 Å². The Bertz CT molecular complexity index is 206. The summed E-state index contributed by atoms with van der Waals surface area (Å²) in [6.45, 7) is 5.13. The van der Waals surface area contributed by atoms with Crippen molar-refractivity contribution in [2.45, 2.75) is 45.1 Å². The molecule has 0 bridgehead atoms. The van der Waals surface area contributed by atoms with Gasteiger partial charge in [0.05, 0.1) is 6.07 Å². The first kappa shape index (κ1) is 15.8. The van der Waals surface area contributed by atoms with Crippen molar-refractivity contribution < 1.29 is 5.11 Å². The van der Waals surface area contributed by atoms with Crippen LogP contribution in [0.1, 0.15) is 39.5 Å².